The maximum atomic E-state index is 4.07. The molecule has 6 rings (SSSR count). The third-order valence-corrected chi connectivity index (χ3v) is 5.91. The van der Waals surface area contributed by atoms with Crippen molar-refractivity contribution in [2.75, 3.05) is 0 Å². The number of pyridine rings is 2. The molecule has 0 N–H and O–H groups in total. The molecule has 142 valence electrons. The monoisotopic (exact) mass is 376 g/mol. The SMILES string of the molecule is Cc1ccc2c3c(ccc2c1)C1=C(CCC=C1)CC3.c1cnc2ncccc2c1. The molecule has 2 aromatic carbocycles. The van der Waals surface area contributed by atoms with Gasteiger partial charge in [-0.2, -0.15) is 0 Å². The van der Waals surface area contributed by atoms with Crippen molar-refractivity contribution >= 4 is 27.4 Å². The van der Waals surface area contributed by atoms with Crippen molar-refractivity contribution in [3.8, 4) is 0 Å². The fourth-order valence-electron chi connectivity index (χ4n) is 4.47. The van der Waals surface area contributed by atoms with Crippen LogP contribution in [0.25, 0.3) is 27.4 Å². The van der Waals surface area contributed by atoms with Gasteiger partial charge in [-0.25, -0.2) is 9.97 Å². The minimum absolute atomic E-state index is 0.810. The molecular formula is C27H24N2. The Morgan fingerprint density at radius 2 is 1.62 bits per heavy atom. The number of hydrogen-bond donors (Lipinski definition) is 0. The Labute approximate surface area is 171 Å². The molecular weight excluding hydrogens is 352 g/mol. The summed E-state index contributed by atoms with van der Waals surface area (Å²) in [5, 5.41) is 3.93. The van der Waals surface area contributed by atoms with Crippen LogP contribution in [0.2, 0.25) is 0 Å². The van der Waals surface area contributed by atoms with Crippen LogP contribution in [0.4, 0.5) is 0 Å². The summed E-state index contributed by atoms with van der Waals surface area (Å²) in [6.45, 7) is 2.17. The Hall–Kier alpha value is -3.26. The molecule has 0 aliphatic heterocycles. The van der Waals surface area contributed by atoms with Crippen LogP contribution >= 0.6 is 0 Å². The second kappa shape index (κ2) is 7.63. The molecule has 29 heavy (non-hydrogen) atoms. The van der Waals surface area contributed by atoms with Crippen molar-refractivity contribution in [1.29, 1.82) is 0 Å². The van der Waals surface area contributed by atoms with E-state index in [2.05, 4.69) is 59.4 Å². The smallest absolute Gasteiger partial charge is 0.159 e. The van der Waals surface area contributed by atoms with E-state index in [-0.39, 0.29) is 0 Å². The Morgan fingerprint density at radius 3 is 2.41 bits per heavy atom. The van der Waals surface area contributed by atoms with Gasteiger partial charge in [-0.05, 0) is 84.3 Å². The second-order valence-electron chi connectivity index (χ2n) is 7.83. The molecule has 0 atom stereocenters. The molecule has 0 saturated heterocycles. The van der Waals surface area contributed by atoms with Crippen LogP contribution in [0.5, 0.6) is 0 Å². The fourth-order valence-corrected chi connectivity index (χ4v) is 4.47. The maximum absolute atomic E-state index is 4.07. The molecule has 0 radical (unpaired) electrons. The molecule has 2 heteroatoms. The lowest BCUT2D eigenvalue weighted by Gasteiger charge is -2.25. The van der Waals surface area contributed by atoms with Gasteiger partial charge in [0.25, 0.3) is 0 Å². The highest BCUT2D eigenvalue weighted by atomic mass is 14.8. The molecule has 2 aliphatic carbocycles. The molecule has 0 spiro atoms. The van der Waals surface area contributed by atoms with E-state index in [1.54, 1.807) is 23.5 Å². The topological polar surface area (TPSA) is 25.8 Å². The van der Waals surface area contributed by atoms with Crippen molar-refractivity contribution in [3.05, 3.63) is 101 Å². The number of benzene rings is 2. The van der Waals surface area contributed by atoms with Gasteiger partial charge in [0.05, 0.1) is 0 Å². The van der Waals surface area contributed by atoms with E-state index in [1.807, 2.05) is 24.3 Å². The maximum Gasteiger partial charge on any atom is 0.159 e. The first kappa shape index (κ1) is 17.8. The molecule has 0 fully saturated rings. The quantitative estimate of drug-likeness (QED) is 0.336. The summed E-state index contributed by atoms with van der Waals surface area (Å²) >= 11 is 0. The number of hydrogen-bond acceptors (Lipinski definition) is 2. The van der Waals surface area contributed by atoms with E-state index in [4.69, 9.17) is 0 Å². The molecule has 0 amide bonds. The molecule has 2 heterocycles. The van der Waals surface area contributed by atoms with Crippen LogP contribution < -0.4 is 0 Å². The summed E-state index contributed by atoms with van der Waals surface area (Å²) in [6, 6.07) is 19.3. The lowest BCUT2D eigenvalue weighted by Crippen LogP contribution is -2.07. The summed E-state index contributed by atoms with van der Waals surface area (Å²) < 4.78 is 0. The number of allylic oxidation sites excluding steroid dienone is 4. The van der Waals surface area contributed by atoms with Crippen LogP contribution in [0.3, 0.4) is 0 Å². The van der Waals surface area contributed by atoms with Gasteiger partial charge in [-0.1, -0.05) is 53.6 Å². The summed E-state index contributed by atoms with van der Waals surface area (Å²) in [5.41, 5.74) is 8.37. The van der Waals surface area contributed by atoms with E-state index in [9.17, 15) is 0 Å². The van der Waals surface area contributed by atoms with Crippen LogP contribution in [0.15, 0.2) is 84.7 Å². The zero-order valence-electron chi connectivity index (χ0n) is 16.7. The van der Waals surface area contributed by atoms with E-state index in [0.717, 1.165) is 11.0 Å². The number of aryl methyl sites for hydroxylation is 2. The van der Waals surface area contributed by atoms with Gasteiger partial charge in [0.1, 0.15) is 0 Å². The third-order valence-electron chi connectivity index (χ3n) is 5.91. The van der Waals surface area contributed by atoms with Crippen molar-refractivity contribution in [1.82, 2.24) is 9.97 Å². The second-order valence-corrected chi connectivity index (χ2v) is 7.83. The number of rotatable bonds is 0. The van der Waals surface area contributed by atoms with Crippen LogP contribution in [0.1, 0.15) is 36.0 Å². The Morgan fingerprint density at radius 1 is 0.793 bits per heavy atom. The largest absolute Gasteiger partial charge is 0.237 e. The minimum Gasteiger partial charge on any atom is -0.237 e. The number of aromatic nitrogens is 2. The summed E-state index contributed by atoms with van der Waals surface area (Å²) in [7, 11) is 0. The van der Waals surface area contributed by atoms with Crippen molar-refractivity contribution in [2.24, 2.45) is 0 Å². The summed E-state index contributed by atoms with van der Waals surface area (Å²) in [4.78, 5) is 8.14. The highest BCUT2D eigenvalue weighted by Gasteiger charge is 2.20. The van der Waals surface area contributed by atoms with Gasteiger partial charge < -0.3 is 0 Å². The first-order chi connectivity index (χ1) is 14.3. The van der Waals surface area contributed by atoms with E-state index < -0.39 is 0 Å². The number of fused-ring (bicyclic) bond motifs is 5. The Kier molecular flexibility index (Phi) is 4.69. The van der Waals surface area contributed by atoms with Gasteiger partial charge in [0.2, 0.25) is 0 Å². The predicted molar refractivity (Wildman–Crippen MR) is 122 cm³/mol. The average molecular weight is 377 g/mol. The lowest BCUT2D eigenvalue weighted by molar-refractivity contribution is 0.831. The molecule has 0 bridgehead atoms. The van der Waals surface area contributed by atoms with E-state index in [0.29, 0.717) is 0 Å². The average Bonchev–Trinajstić information content (AvgIpc) is 2.79. The first-order valence-electron chi connectivity index (χ1n) is 10.4. The van der Waals surface area contributed by atoms with Crippen molar-refractivity contribution in [2.45, 2.75) is 32.6 Å². The van der Waals surface area contributed by atoms with Crippen LogP contribution in [-0.2, 0) is 6.42 Å². The van der Waals surface area contributed by atoms with Crippen LogP contribution in [-0.4, -0.2) is 9.97 Å². The van der Waals surface area contributed by atoms with Gasteiger partial charge in [-0.15, -0.1) is 0 Å². The fraction of sp³-hybridized carbons (Fsp3) is 0.185. The molecule has 4 aromatic rings. The summed E-state index contributed by atoms with van der Waals surface area (Å²) in [5.74, 6) is 0. The number of nitrogens with zero attached hydrogens (tertiary/aromatic N) is 2. The molecule has 0 unspecified atom stereocenters. The Balaban J connectivity index is 0.000000153. The standard InChI is InChI=1S/C19H18.C8H6N2/c1-13-6-9-17-15(12-13)8-11-18-16-5-3-2-4-14(16)7-10-19(17)18;1-3-7-4-2-6-10-8(7)9-5-1/h3,5-6,8-9,11-12H,2,4,7,10H2,1H3;1-6H. The zero-order chi connectivity index (χ0) is 19.6. The normalized spacial score (nSPS) is 14.9. The highest BCUT2D eigenvalue weighted by molar-refractivity contribution is 5.94. The highest BCUT2D eigenvalue weighted by Crippen LogP contribution is 2.39. The lowest BCUT2D eigenvalue weighted by atomic mass is 9.79. The predicted octanol–water partition coefficient (Wildman–Crippen LogP) is 6.83. The third kappa shape index (κ3) is 3.47. The van der Waals surface area contributed by atoms with E-state index in [1.165, 1.54) is 53.2 Å². The molecule has 2 aromatic heterocycles. The van der Waals surface area contributed by atoms with Gasteiger partial charge >= 0.3 is 0 Å². The van der Waals surface area contributed by atoms with Gasteiger partial charge in [0.15, 0.2) is 5.65 Å². The first-order valence-corrected chi connectivity index (χ1v) is 10.4. The van der Waals surface area contributed by atoms with Gasteiger partial charge in [0, 0.05) is 17.8 Å². The molecule has 2 nitrogen and oxygen atoms in total. The molecule has 2 aliphatic rings. The molecule has 0 saturated carbocycles. The summed E-state index contributed by atoms with van der Waals surface area (Å²) in [6.07, 6.45) is 13.1. The zero-order valence-corrected chi connectivity index (χ0v) is 16.7. The minimum atomic E-state index is 0.810. The van der Waals surface area contributed by atoms with Crippen molar-refractivity contribution < 1.29 is 0 Å². The van der Waals surface area contributed by atoms with Crippen molar-refractivity contribution in [3.63, 3.8) is 0 Å². The van der Waals surface area contributed by atoms with E-state index >= 15 is 0 Å². The van der Waals surface area contributed by atoms with Gasteiger partial charge in [-0.3, -0.25) is 0 Å². The Bertz CT molecular complexity index is 1200. The van der Waals surface area contributed by atoms with Crippen LogP contribution in [0, 0.1) is 6.92 Å².